The molecule has 2 nitrogen and oxygen atoms in total. The zero-order valence-corrected chi connectivity index (χ0v) is 8.81. The summed E-state index contributed by atoms with van der Waals surface area (Å²) in [7, 11) is 0. The van der Waals surface area contributed by atoms with Gasteiger partial charge in [0.25, 0.3) is 0 Å². The van der Waals surface area contributed by atoms with E-state index in [0.717, 1.165) is 12.3 Å². The van der Waals surface area contributed by atoms with Gasteiger partial charge in [-0.1, -0.05) is 0 Å². The molecule has 0 unspecified atom stereocenters. The quantitative estimate of drug-likeness (QED) is 0.779. The van der Waals surface area contributed by atoms with E-state index in [0.29, 0.717) is 10.5 Å². The number of hydrogen-bond donors (Lipinski definition) is 1. The molecule has 0 saturated carbocycles. The minimum absolute atomic E-state index is 0.0489. The standard InChI is InChI=1S/C11H10FNOS/c12-9-3-1-8(2-4-9)11(14)10-7-13-5-6-15-10/h1-4,7,13H,5-6H2. The molecule has 0 atom stereocenters. The smallest absolute Gasteiger partial charge is 0.200 e. The van der Waals surface area contributed by atoms with Crippen LogP contribution >= 0.6 is 11.8 Å². The second-order valence-electron chi connectivity index (χ2n) is 3.15. The number of Topliss-reactive ketones (excluding diaryl/α,β-unsaturated/α-hetero) is 1. The molecule has 1 heterocycles. The van der Waals surface area contributed by atoms with Crippen molar-refractivity contribution in [1.29, 1.82) is 0 Å². The molecule has 0 aromatic heterocycles. The van der Waals surface area contributed by atoms with Crippen molar-refractivity contribution in [3.8, 4) is 0 Å². The fourth-order valence-corrected chi connectivity index (χ4v) is 2.16. The molecule has 0 saturated heterocycles. The summed E-state index contributed by atoms with van der Waals surface area (Å²) in [4.78, 5) is 12.5. The number of benzene rings is 1. The number of nitrogens with one attached hydrogen (secondary N) is 1. The van der Waals surface area contributed by atoms with E-state index >= 15 is 0 Å². The molecule has 1 aliphatic rings. The largest absolute Gasteiger partial charge is 0.389 e. The highest BCUT2D eigenvalue weighted by Crippen LogP contribution is 2.22. The number of allylic oxidation sites excluding steroid dienone is 1. The van der Waals surface area contributed by atoms with Crippen LogP contribution in [0, 0.1) is 5.82 Å². The highest BCUT2D eigenvalue weighted by atomic mass is 32.2. The van der Waals surface area contributed by atoms with E-state index in [1.807, 2.05) is 0 Å². The van der Waals surface area contributed by atoms with Crippen molar-refractivity contribution in [3.05, 3.63) is 46.8 Å². The summed E-state index contributed by atoms with van der Waals surface area (Å²) in [5.41, 5.74) is 0.527. The third-order valence-corrected chi connectivity index (χ3v) is 3.09. The summed E-state index contributed by atoms with van der Waals surface area (Å²) in [6, 6.07) is 5.62. The van der Waals surface area contributed by atoms with E-state index in [9.17, 15) is 9.18 Å². The second kappa shape index (κ2) is 4.49. The van der Waals surface area contributed by atoms with Crippen LogP contribution < -0.4 is 5.32 Å². The maximum absolute atomic E-state index is 12.6. The van der Waals surface area contributed by atoms with Crippen LogP contribution in [-0.4, -0.2) is 18.1 Å². The van der Waals surface area contributed by atoms with Gasteiger partial charge in [0.1, 0.15) is 5.82 Å². The highest BCUT2D eigenvalue weighted by Gasteiger charge is 2.14. The molecule has 4 heteroatoms. The lowest BCUT2D eigenvalue weighted by atomic mass is 10.1. The normalized spacial score (nSPS) is 15.4. The third-order valence-electron chi connectivity index (χ3n) is 2.07. The van der Waals surface area contributed by atoms with Crippen LogP contribution in [0.2, 0.25) is 0 Å². The Kier molecular flexibility index (Phi) is 3.06. The van der Waals surface area contributed by atoms with Crippen molar-refractivity contribution < 1.29 is 9.18 Å². The number of rotatable bonds is 2. The van der Waals surface area contributed by atoms with Gasteiger partial charge in [0.15, 0.2) is 0 Å². The average Bonchev–Trinajstić information content (AvgIpc) is 2.30. The monoisotopic (exact) mass is 223 g/mol. The molecule has 0 radical (unpaired) electrons. The van der Waals surface area contributed by atoms with Crippen LogP contribution in [0.15, 0.2) is 35.4 Å². The third kappa shape index (κ3) is 2.39. The van der Waals surface area contributed by atoms with E-state index < -0.39 is 0 Å². The van der Waals surface area contributed by atoms with Crippen LogP contribution in [0.1, 0.15) is 10.4 Å². The Morgan fingerprint density at radius 2 is 2.07 bits per heavy atom. The molecular weight excluding hydrogens is 213 g/mol. The number of ketones is 1. The van der Waals surface area contributed by atoms with Crippen molar-refractivity contribution >= 4 is 17.5 Å². The Morgan fingerprint density at radius 3 is 2.67 bits per heavy atom. The van der Waals surface area contributed by atoms with Gasteiger partial charge in [-0.3, -0.25) is 4.79 Å². The molecule has 1 aromatic carbocycles. The molecule has 1 aliphatic heterocycles. The van der Waals surface area contributed by atoms with Crippen LogP contribution in [0.3, 0.4) is 0 Å². The zero-order chi connectivity index (χ0) is 10.7. The molecule has 1 N–H and O–H groups in total. The number of halogens is 1. The Morgan fingerprint density at radius 1 is 1.33 bits per heavy atom. The van der Waals surface area contributed by atoms with Gasteiger partial charge in [-0.15, -0.1) is 11.8 Å². The minimum Gasteiger partial charge on any atom is -0.389 e. The summed E-state index contributed by atoms with van der Waals surface area (Å²) in [6.07, 6.45) is 1.72. The van der Waals surface area contributed by atoms with Gasteiger partial charge in [-0.2, -0.15) is 0 Å². The molecule has 1 aromatic rings. The number of thioether (sulfide) groups is 1. The Hall–Kier alpha value is -1.29. The predicted octanol–water partition coefficient (Wildman–Crippen LogP) is 2.19. The van der Waals surface area contributed by atoms with Crippen LogP contribution in [0.4, 0.5) is 4.39 Å². The molecule has 15 heavy (non-hydrogen) atoms. The first-order valence-electron chi connectivity index (χ1n) is 4.64. The average molecular weight is 223 g/mol. The second-order valence-corrected chi connectivity index (χ2v) is 4.28. The van der Waals surface area contributed by atoms with Crippen molar-refractivity contribution in [2.75, 3.05) is 12.3 Å². The summed E-state index contributed by atoms with van der Waals surface area (Å²) in [5, 5.41) is 3.02. The lowest BCUT2D eigenvalue weighted by molar-refractivity contribution is 0.104. The van der Waals surface area contributed by atoms with Gasteiger partial charge in [0.05, 0.1) is 4.91 Å². The molecule has 78 valence electrons. The summed E-state index contributed by atoms with van der Waals surface area (Å²) >= 11 is 1.53. The van der Waals surface area contributed by atoms with E-state index in [-0.39, 0.29) is 11.6 Å². The van der Waals surface area contributed by atoms with Gasteiger partial charge in [-0.25, -0.2) is 4.39 Å². The molecule has 0 bridgehead atoms. The van der Waals surface area contributed by atoms with Crippen LogP contribution in [0.25, 0.3) is 0 Å². The van der Waals surface area contributed by atoms with E-state index in [1.54, 1.807) is 6.20 Å². The molecular formula is C11H10FNOS. The number of carbonyl (C=O) groups is 1. The summed E-state index contributed by atoms with van der Waals surface area (Å²) in [5.74, 6) is 0.515. The summed E-state index contributed by atoms with van der Waals surface area (Å²) in [6.45, 7) is 0.880. The Balaban J connectivity index is 2.20. The molecule has 0 spiro atoms. The van der Waals surface area contributed by atoms with Crippen molar-refractivity contribution in [2.45, 2.75) is 0 Å². The maximum atomic E-state index is 12.6. The first-order chi connectivity index (χ1) is 7.27. The molecule has 0 amide bonds. The van der Waals surface area contributed by atoms with E-state index in [2.05, 4.69) is 5.32 Å². The number of hydrogen-bond acceptors (Lipinski definition) is 3. The Labute approximate surface area is 91.6 Å². The molecule has 2 rings (SSSR count). The molecule has 0 aliphatic carbocycles. The first-order valence-corrected chi connectivity index (χ1v) is 5.62. The zero-order valence-electron chi connectivity index (χ0n) is 8.00. The van der Waals surface area contributed by atoms with E-state index in [1.165, 1.54) is 36.0 Å². The fraction of sp³-hybridized carbons (Fsp3) is 0.182. The van der Waals surface area contributed by atoms with Gasteiger partial charge in [0.2, 0.25) is 5.78 Å². The molecule has 0 fully saturated rings. The fourth-order valence-electron chi connectivity index (χ4n) is 1.30. The maximum Gasteiger partial charge on any atom is 0.200 e. The Bertz CT molecular complexity index is 400. The lowest BCUT2D eigenvalue weighted by Crippen LogP contribution is -2.18. The minimum atomic E-state index is -0.324. The summed E-state index contributed by atoms with van der Waals surface area (Å²) < 4.78 is 12.6. The van der Waals surface area contributed by atoms with E-state index in [4.69, 9.17) is 0 Å². The topological polar surface area (TPSA) is 29.1 Å². The predicted molar refractivity (Wildman–Crippen MR) is 59.3 cm³/mol. The van der Waals surface area contributed by atoms with Gasteiger partial charge < -0.3 is 5.32 Å². The van der Waals surface area contributed by atoms with Crippen molar-refractivity contribution in [2.24, 2.45) is 0 Å². The van der Waals surface area contributed by atoms with Crippen LogP contribution in [-0.2, 0) is 0 Å². The highest BCUT2D eigenvalue weighted by molar-refractivity contribution is 8.04. The van der Waals surface area contributed by atoms with Gasteiger partial charge in [-0.05, 0) is 24.3 Å². The van der Waals surface area contributed by atoms with Gasteiger partial charge in [0, 0.05) is 24.1 Å². The SMILES string of the molecule is O=C(C1=CNCCS1)c1ccc(F)cc1. The van der Waals surface area contributed by atoms with Gasteiger partial charge >= 0.3 is 0 Å². The van der Waals surface area contributed by atoms with Crippen molar-refractivity contribution in [1.82, 2.24) is 5.32 Å². The number of carbonyl (C=O) groups excluding carboxylic acids is 1. The lowest BCUT2D eigenvalue weighted by Gasteiger charge is -2.12. The van der Waals surface area contributed by atoms with Crippen LogP contribution in [0.5, 0.6) is 0 Å². The van der Waals surface area contributed by atoms with Crippen molar-refractivity contribution in [3.63, 3.8) is 0 Å². The first kappa shape index (κ1) is 10.2.